The molecule has 1 N–H and O–H groups in total. The minimum atomic E-state index is 0.365. The lowest BCUT2D eigenvalue weighted by molar-refractivity contribution is 0.147. The number of hydrogen-bond acceptors (Lipinski definition) is 1. The largest absolute Gasteiger partial charge is 0.310 e. The molecule has 1 aliphatic rings. The molecule has 1 rings (SSSR count). The Kier molecular flexibility index (Phi) is 2.60. The Morgan fingerprint density at radius 2 is 1.92 bits per heavy atom. The van der Waals surface area contributed by atoms with Crippen LogP contribution in [0.25, 0.3) is 0 Å². The van der Waals surface area contributed by atoms with Crippen molar-refractivity contribution in [2.45, 2.75) is 47.0 Å². The monoisotopic (exact) mass is 167 g/mol. The molecule has 2 unspecified atom stereocenters. The summed E-state index contributed by atoms with van der Waals surface area (Å²) in [7, 11) is 0. The third-order valence-electron chi connectivity index (χ3n) is 3.29. The molecule has 1 aliphatic carbocycles. The van der Waals surface area contributed by atoms with Gasteiger partial charge in [-0.1, -0.05) is 27.2 Å². The van der Waals surface area contributed by atoms with Crippen LogP contribution < -0.4 is 0 Å². The van der Waals surface area contributed by atoms with E-state index < -0.39 is 0 Å². The van der Waals surface area contributed by atoms with Crippen molar-refractivity contribution in [2.24, 2.45) is 17.3 Å². The average molecular weight is 167 g/mol. The van der Waals surface area contributed by atoms with Gasteiger partial charge in [0.25, 0.3) is 0 Å². The van der Waals surface area contributed by atoms with E-state index in [9.17, 15) is 0 Å². The number of nitrogens with one attached hydrogen (secondary N) is 1. The predicted octanol–water partition coefficient (Wildman–Crippen LogP) is 3.49. The van der Waals surface area contributed by atoms with Crippen molar-refractivity contribution in [3.63, 3.8) is 0 Å². The Morgan fingerprint density at radius 1 is 1.33 bits per heavy atom. The van der Waals surface area contributed by atoms with Crippen LogP contribution >= 0.6 is 0 Å². The molecule has 12 heavy (non-hydrogen) atoms. The first-order valence-electron chi connectivity index (χ1n) is 4.98. The van der Waals surface area contributed by atoms with Crippen LogP contribution in [0, 0.1) is 22.7 Å². The molecule has 0 amide bonds. The van der Waals surface area contributed by atoms with E-state index in [1.54, 1.807) is 0 Å². The Hall–Kier alpha value is -0.330. The molecule has 0 saturated heterocycles. The predicted molar refractivity (Wildman–Crippen MR) is 53.7 cm³/mol. The summed E-state index contributed by atoms with van der Waals surface area (Å²) in [4.78, 5) is 0. The summed E-state index contributed by atoms with van der Waals surface area (Å²) in [6.45, 7) is 8.91. The van der Waals surface area contributed by atoms with Gasteiger partial charge in [-0.05, 0) is 31.1 Å². The third kappa shape index (κ3) is 1.88. The highest BCUT2D eigenvalue weighted by atomic mass is 14.5. The molecule has 2 atom stereocenters. The Balaban J connectivity index is 2.70. The fourth-order valence-corrected chi connectivity index (χ4v) is 2.79. The summed E-state index contributed by atoms with van der Waals surface area (Å²) in [5, 5.41) is 7.71. The molecule has 0 spiro atoms. The van der Waals surface area contributed by atoms with E-state index >= 15 is 0 Å². The van der Waals surface area contributed by atoms with Gasteiger partial charge in [-0.25, -0.2) is 0 Å². The Bertz CT molecular complexity index is 181. The van der Waals surface area contributed by atoms with Crippen molar-refractivity contribution in [1.29, 1.82) is 5.41 Å². The highest BCUT2D eigenvalue weighted by molar-refractivity contribution is 5.82. The molecule has 0 bridgehead atoms. The fraction of sp³-hybridized carbons (Fsp3) is 0.909. The van der Waals surface area contributed by atoms with Gasteiger partial charge in [0.15, 0.2) is 0 Å². The summed E-state index contributed by atoms with van der Waals surface area (Å²) in [5.74, 6) is 1.39. The van der Waals surface area contributed by atoms with Crippen LogP contribution in [0.5, 0.6) is 0 Å². The van der Waals surface area contributed by atoms with Crippen molar-refractivity contribution in [3.05, 3.63) is 0 Å². The lowest BCUT2D eigenvalue weighted by Crippen LogP contribution is -2.35. The van der Waals surface area contributed by atoms with E-state index in [0.717, 1.165) is 11.6 Å². The smallest absolute Gasteiger partial charge is 0.00944 e. The maximum Gasteiger partial charge on any atom is 0.00944 e. The van der Waals surface area contributed by atoms with Crippen molar-refractivity contribution in [2.75, 3.05) is 0 Å². The van der Waals surface area contributed by atoms with Crippen LogP contribution in [-0.4, -0.2) is 5.71 Å². The molecular weight excluding hydrogens is 146 g/mol. The summed E-state index contributed by atoms with van der Waals surface area (Å²) in [6.07, 6.45) is 3.82. The summed E-state index contributed by atoms with van der Waals surface area (Å²) in [6, 6.07) is 0. The van der Waals surface area contributed by atoms with Crippen LogP contribution in [0.3, 0.4) is 0 Å². The van der Waals surface area contributed by atoms with E-state index in [-0.39, 0.29) is 0 Å². The number of rotatable bonds is 1. The molecule has 0 aromatic carbocycles. The molecule has 0 heterocycles. The maximum absolute atomic E-state index is 7.71. The molecule has 70 valence electrons. The van der Waals surface area contributed by atoms with Gasteiger partial charge in [-0.15, -0.1) is 0 Å². The van der Waals surface area contributed by atoms with E-state index in [0.29, 0.717) is 11.3 Å². The standard InChI is InChI=1S/C11H21N/c1-8-5-6-10(9(2)12)11(3,4)7-8/h8,10,12H,5-7H2,1-4H3. The van der Waals surface area contributed by atoms with Crippen LogP contribution in [-0.2, 0) is 0 Å². The zero-order chi connectivity index (χ0) is 9.35. The van der Waals surface area contributed by atoms with Gasteiger partial charge in [0, 0.05) is 11.6 Å². The molecule has 1 heteroatoms. The van der Waals surface area contributed by atoms with E-state index in [1.807, 2.05) is 6.92 Å². The van der Waals surface area contributed by atoms with Gasteiger partial charge in [0.2, 0.25) is 0 Å². The van der Waals surface area contributed by atoms with Crippen molar-refractivity contribution >= 4 is 5.71 Å². The minimum absolute atomic E-state index is 0.365. The summed E-state index contributed by atoms with van der Waals surface area (Å²) < 4.78 is 0. The van der Waals surface area contributed by atoms with Gasteiger partial charge < -0.3 is 5.41 Å². The number of hydrogen-bond donors (Lipinski definition) is 1. The van der Waals surface area contributed by atoms with Gasteiger partial charge in [0.05, 0.1) is 0 Å². The van der Waals surface area contributed by atoms with Gasteiger partial charge >= 0.3 is 0 Å². The van der Waals surface area contributed by atoms with Gasteiger partial charge in [0.1, 0.15) is 0 Å². The zero-order valence-corrected chi connectivity index (χ0v) is 8.78. The topological polar surface area (TPSA) is 23.9 Å². The molecule has 0 aromatic heterocycles. The lowest BCUT2D eigenvalue weighted by atomic mass is 9.64. The van der Waals surface area contributed by atoms with Crippen LogP contribution in [0.2, 0.25) is 0 Å². The normalized spacial score (nSPS) is 34.7. The maximum atomic E-state index is 7.71. The summed E-state index contributed by atoms with van der Waals surface area (Å²) in [5.41, 5.74) is 1.25. The Labute approximate surface area is 76.1 Å². The quantitative estimate of drug-likeness (QED) is 0.578. The Morgan fingerprint density at radius 3 is 2.33 bits per heavy atom. The molecule has 0 aliphatic heterocycles. The van der Waals surface area contributed by atoms with Crippen molar-refractivity contribution in [1.82, 2.24) is 0 Å². The average Bonchev–Trinajstić information content (AvgIpc) is 1.82. The van der Waals surface area contributed by atoms with Crippen LogP contribution in [0.1, 0.15) is 47.0 Å². The van der Waals surface area contributed by atoms with Crippen LogP contribution in [0.15, 0.2) is 0 Å². The summed E-state index contributed by atoms with van der Waals surface area (Å²) >= 11 is 0. The minimum Gasteiger partial charge on any atom is -0.310 e. The van der Waals surface area contributed by atoms with E-state index in [4.69, 9.17) is 5.41 Å². The van der Waals surface area contributed by atoms with Crippen LogP contribution in [0.4, 0.5) is 0 Å². The van der Waals surface area contributed by atoms with E-state index in [1.165, 1.54) is 19.3 Å². The lowest BCUT2D eigenvalue weighted by Gasteiger charge is -2.41. The van der Waals surface area contributed by atoms with Gasteiger partial charge in [-0.3, -0.25) is 0 Å². The molecule has 0 aromatic rings. The molecule has 1 nitrogen and oxygen atoms in total. The second-order valence-electron chi connectivity index (χ2n) is 5.11. The fourth-order valence-electron chi connectivity index (χ4n) is 2.79. The first-order valence-corrected chi connectivity index (χ1v) is 4.98. The zero-order valence-electron chi connectivity index (χ0n) is 8.78. The van der Waals surface area contributed by atoms with E-state index in [2.05, 4.69) is 20.8 Å². The van der Waals surface area contributed by atoms with Crippen molar-refractivity contribution < 1.29 is 0 Å². The second kappa shape index (κ2) is 3.20. The SMILES string of the molecule is CC(=N)C1CCC(C)CC1(C)C. The third-order valence-corrected chi connectivity index (χ3v) is 3.29. The second-order valence-corrected chi connectivity index (χ2v) is 5.11. The first-order chi connectivity index (χ1) is 5.43. The first kappa shape index (κ1) is 9.76. The highest BCUT2D eigenvalue weighted by Gasteiger charge is 2.35. The van der Waals surface area contributed by atoms with Gasteiger partial charge in [-0.2, -0.15) is 0 Å². The molecule has 1 fully saturated rings. The molecular formula is C11H21N. The highest BCUT2D eigenvalue weighted by Crippen LogP contribution is 2.43. The molecule has 1 saturated carbocycles. The molecule has 0 radical (unpaired) electrons. The van der Waals surface area contributed by atoms with Crippen molar-refractivity contribution in [3.8, 4) is 0 Å².